The van der Waals surface area contributed by atoms with Crippen LogP contribution in [0.25, 0.3) is 10.8 Å². The Labute approximate surface area is 152 Å². The molecule has 0 spiro atoms. The molecule has 0 aromatic heterocycles. The lowest BCUT2D eigenvalue weighted by Gasteiger charge is -2.29. The highest BCUT2D eigenvalue weighted by Gasteiger charge is 2.13. The van der Waals surface area contributed by atoms with E-state index in [1.165, 1.54) is 0 Å². The summed E-state index contributed by atoms with van der Waals surface area (Å²) in [6.45, 7) is 3.92. The van der Waals surface area contributed by atoms with Gasteiger partial charge in [0.25, 0.3) is 5.91 Å². The van der Waals surface area contributed by atoms with Gasteiger partial charge in [0.1, 0.15) is 5.75 Å². The first-order chi connectivity index (χ1) is 12.7. The molecule has 132 valence electrons. The second-order valence-corrected chi connectivity index (χ2v) is 6.42. The number of fused-ring (bicyclic) bond motifs is 1. The van der Waals surface area contributed by atoms with Gasteiger partial charge in [-0.15, -0.1) is 0 Å². The standard InChI is InChI=1S/C21H21N3O2/c25-20-6-2-3-17-18(20)4-1-5-19(17)23-21(26)15-7-9-16(10-8-15)24-13-11-22-12-14-24/h1-10,22,25H,11-14H2,(H,23,26). The molecule has 1 aliphatic heterocycles. The van der Waals surface area contributed by atoms with Crippen LogP contribution in [0.3, 0.4) is 0 Å². The van der Waals surface area contributed by atoms with Gasteiger partial charge in [0.2, 0.25) is 0 Å². The molecule has 5 nitrogen and oxygen atoms in total. The maximum atomic E-state index is 12.6. The fourth-order valence-electron chi connectivity index (χ4n) is 3.34. The molecule has 1 heterocycles. The van der Waals surface area contributed by atoms with E-state index in [1.54, 1.807) is 12.1 Å². The molecule has 3 aromatic carbocycles. The van der Waals surface area contributed by atoms with E-state index < -0.39 is 0 Å². The largest absolute Gasteiger partial charge is 0.507 e. The van der Waals surface area contributed by atoms with Gasteiger partial charge in [-0.1, -0.05) is 24.3 Å². The van der Waals surface area contributed by atoms with E-state index in [0.717, 1.165) is 42.6 Å². The molecule has 1 fully saturated rings. The number of phenolic OH excluding ortho intramolecular Hbond substituents is 1. The summed E-state index contributed by atoms with van der Waals surface area (Å²) >= 11 is 0. The Morgan fingerprint density at radius 2 is 1.62 bits per heavy atom. The van der Waals surface area contributed by atoms with Crippen LogP contribution in [-0.2, 0) is 0 Å². The second kappa shape index (κ2) is 7.06. The molecule has 0 bridgehead atoms. The maximum Gasteiger partial charge on any atom is 0.255 e. The summed E-state index contributed by atoms with van der Waals surface area (Å²) in [5, 5.41) is 17.8. The monoisotopic (exact) mass is 347 g/mol. The Balaban J connectivity index is 1.54. The first kappa shape index (κ1) is 16.4. The van der Waals surface area contributed by atoms with E-state index in [1.807, 2.05) is 48.5 Å². The molecule has 0 atom stereocenters. The van der Waals surface area contributed by atoms with Gasteiger partial charge < -0.3 is 20.6 Å². The Morgan fingerprint density at radius 1 is 0.923 bits per heavy atom. The highest BCUT2D eigenvalue weighted by atomic mass is 16.3. The van der Waals surface area contributed by atoms with Crippen LogP contribution in [0.15, 0.2) is 60.7 Å². The molecular formula is C21H21N3O2. The van der Waals surface area contributed by atoms with Crippen molar-refractivity contribution in [2.45, 2.75) is 0 Å². The molecule has 26 heavy (non-hydrogen) atoms. The van der Waals surface area contributed by atoms with E-state index in [0.29, 0.717) is 11.3 Å². The predicted octanol–water partition coefficient (Wildman–Crippen LogP) is 3.21. The van der Waals surface area contributed by atoms with Crippen LogP contribution in [0, 0.1) is 0 Å². The number of hydrogen-bond donors (Lipinski definition) is 3. The minimum absolute atomic E-state index is 0.160. The SMILES string of the molecule is O=C(Nc1cccc2c(O)cccc12)c1ccc(N2CCNCC2)cc1. The molecule has 1 amide bonds. The average Bonchev–Trinajstić information content (AvgIpc) is 2.69. The van der Waals surface area contributed by atoms with Gasteiger partial charge in [0, 0.05) is 53.9 Å². The number of nitrogens with one attached hydrogen (secondary N) is 2. The van der Waals surface area contributed by atoms with E-state index in [-0.39, 0.29) is 11.7 Å². The Bertz CT molecular complexity index is 932. The highest BCUT2D eigenvalue weighted by Crippen LogP contribution is 2.30. The third kappa shape index (κ3) is 3.21. The van der Waals surface area contributed by atoms with E-state index in [4.69, 9.17) is 0 Å². The average molecular weight is 347 g/mol. The van der Waals surface area contributed by atoms with Crippen molar-refractivity contribution < 1.29 is 9.90 Å². The van der Waals surface area contributed by atoms with Crippen LogP contribution in [0.2, 0.25) is 0 Å². The smallest absolute Gasteiger partial charge is 0.255 e. The summed E-state index contributed by atoms with van der Waals surface area (Å²) in [7, 11) is 0. The van der Waals surface area contributed by atoms with Gasteiger partial charge in [0.05, 0.1) is 0 Å². The van der Waals surface area contributed by atoms with Gasteiger partial charge >= 0.3 is 0 Å². The number of benzene rings is 3. The first-order valence-electron chi connectivity index (χ1n) is 8.80. The van der Waals surface area contributed by atoms with Crippen LogP contribution in [0.4, 0.5) is 11.4 Å². The molecule has 3 N–H and O–H groups in total. The molecule has 4 rings (SSSR count). The minimum Gasteiger partial charge on any atom is -0.507 e. The number of anilines is 2. The quantitative estimate of drug-likeness (QED) is 0.681. The summed E-state index contributed by atoms with van der Waals surface area (Å²) < 4.78 is 0. The molecule has 5 heteroatoms. The van der Waals surface area contributed by atoms with Crippen molar-refractivity contribution in [1.29, 1.82) is 0 Å². The summed E-state index contributed by atoms with van der Waals surface area (Å²) in [5.41, 5.74) is 2.44. The summed E-state index contributed by atoms with van der Waals surface area (Å²) in [4.78, 5) is 14.9. The van der Waals surface area contributed by atoms with Gasteiger partial charge in [-0.05, 0) is 36.4 Å². The summed E-state index contributed by atoms with van der Waals surface area (Å²) in [5.74, 6) is 0.0478. The Kier molecular flexibility index (Phi) is 4.46. The van der Waals surface area contributed by atoms with E-state index in [2.05, 4.69) is 15.5 Å². The number of carbonyl (C=O) groups is 1. The maximum absolute atomic E-state index is 12.6. The fraction of sp³-hybridized carbons (Fsp3) is 0.190. The predicted molar refractivity (Wildman–Crippen MR) is 105 cm³/mol. The number of piperazine rings is 1. The number of nitrogens with zero attached hydrogens (tertiary/aromatic N) is 1. The zero-order valence-electron chi connectivity index (χ0n) is 14.4. The lowest BCUT2D eigenvalue weighted by atomic mass is 10.1. The zero-order chi connectivity index (χ0) is 17.9. The molecule has 0 unspecified atom stereocenters. The molecule has 0 saturated carbocycles. The number of phenols is 1. The second-order valence-electron chi connectivity index (χ2n) is 6.42. The third-order valence-electron chi connectivity index (χ3n) is 4.76. The van der Waals surface area contributed by atoms with E-state index in [9.17, 15) is 9.90 Å². The van der Waals surface area contributed by atoms with Crippen LogP contribution in [0.5, 0.6) is 5.75 Å². The molecule has 0 radical (unpaired) electrons. The number of hydrogen-bond acceptors (Lipinski definition) is 4. The zero-order valence-corrected chi connectivity index (χ0v) is 14.4. The van der Waals surface area contributed by atoms with Crippen LogP contribution in [-0.4, -0.2) is 37.2 Å². The van der Waals surface area contributed by atoms with Crippen molar-refractivity contribution in [3.05, 3.63) is 66.2 Å². The normalized spacial score (nSPS) is 14.4. The van der Waals surface area contributed by atoms with Gasteiger partial charge in [-0.25, -0.2) is 0 Å². The molecule has 1 saturated heterocycles. The van der Waals surface area contributed by atoms with Crippen molar-refractivity contribution in [2.75, 3.05) is 36.4 Å². The topological polar surface area (TPSA) is 64.6 Å². The third-order valence-corrected chi connectivity index (χ3v) is 4.76. The van der Waals surface area contributed by atoms with Crippen molar-refractivity contribution in [2.24, 2.45) is 0 Å². The van der Waals surface area contributed by atoms with Crippen molar-refractivity contribution in [3.8, 4) is 5.75 Å². The highest BCUT2D eigenvalue weighted by molar-refractivity contribution is 6.10. The lowest BCUT2D eigenvalue weighted by Crippen LogP contribution is -2.43. The van der Waals surface area contributed by atoms with Crippen LogP contribution < -0.4 is 15.5 Å². The molecule has 1 aliphatic rings. The number of carbonyl (C=O) groups excluding carboxylic acids is 1. The van der Waals surface area contributed by atoms with Crippen LogP contribution in [0.1, 0.15) is 10.4 Å². The molecule has 0 aliphatic carbocycles. The summed E-state index contributed by atoms with van der Waals surface area (Å²) in [6.07, 6.45) is 0. The van der Waals surface area contributed by atoms with Gasteiger partial charge in [-0.3, -0.25) is 4.79 Å². The van der Waals surface area contributed by atoms with Gasteiger partial charge in [-0.2, -0.15) is 0 Å². The molecule has 3 aromatic rings. The molecular weight excluding hydrogens is 326 g/mol. The van der Waals surface area contributed by atoms with Crippen molar-refractivity contribution >= 4 is 28.1 Å². The fourth-order valence-corrected chi connectivity index (χ4v) is 3.34. The Morgan fingerprint density at radius 3 is 2.38 bits per heavy atom. The summed E-state index contributed by atoms with van der Waals surface area (Å²) in [6, 6.07) is 18.5. The van der Waals surface area contributed by atoms with Crippen molar-refractivity contribution in [1.82, 2.24) is 5.32 Å². The van der Waals surface area contributed by atoms with E-state index >= 15 is 0 Å². The number of amides is 1. The minimum atomic E-state index is -0.160. The lowest BCUT2D eigenvalue weighted by molar-refractivity contribution is 0.102. The van der Waals surface area contributed by atoms with Crippen LogP contribution >= 0.6 is 0 Å². The number of aromatic hydroxyl groups is 1. The first-order valence-corrected chi connectivity index (χ1v) is 8.80. The van der Waals surface area contributed by atoms with Gasteiger partial charge in [0.15, 0.2) is 0 Å². The Hall–Kier alpha value is -3.05. The van der Waals surface area contributed by atoms with Crippen molar-refractivity contribution in [3.63, 3.8) is 0 Å². The number of rotatable bonds is 3.